The lowest BCUT2D eigenvalue weighted by Crippen LogP contribution is -2.29. The van der Waals surface area contributed by atoms with Crippen molar-refractivity contribution in [2.75, 3.05) is 18.9 Å². The maximum absolute atomic E-state index is 13.1. The first-order valence-electron chi connectivity index (χ1n) is 49.4. The second-order valence-electron chi connectivity index (χ2n) is 23.2. The zero-order valence-electron chi connectivity index (χ0n) is 92.4. The molecule has 0 aliphatic carbocycles. The van der Waals surface area contributed by atoms with E-state index in [1.54, 1.807) is 153 Å². The second kappa shape index (κ2) is 91.6. The molecule has 0 spiro atoms. The minimum atomic E-state index is -3.85. The highest BCUT2D eigenvalue weighted by Gasteiger charge is 2.26. The van der Waals surface area contributed by atoms with Gasteiger partial charge in [-0.1, -0.05) is 369 Å². The van der Waals surface area contributed by atoms with Crippen LogP contribution in [-0.4, -0.2) is 77.0 Å². The number of sulfonamides is 4. The maximum Gasteiger partial charge on any atom is 0.261 e. The third kappa shape index (κ3) is 54.2. The molecule has 0 aliphatic rings. The number of carbonyl (C=O) groups excluding carboxylic acids is 4. The molecule has 4 heterocycles. The number of hydrogen-bond acceptors (Lipinski definition) is 18. The molecule has 12 aromatic rings. The lowest BCUT2D eigenvalue weighted by atomic mass is 9.98. The Bertz CT molecular complexity index is 5470. The van der Waals surface area contributed by atoms with Crippen molar-refractivity contribution in [2.45, 2.75) is 310 Å². The van der Waals surface area contributed by atoms with Gasteiger partial charge < -0.3 is 10.4 Å². The van der Waals surface area contributed by atoms with Crippen LogP contribution in [0.2, 0.25) is 0 Å². The van der Waals surface area contributed by atoms with Crippen molar-refractivity contribution in [2.24, 2.45) is 0 Å². The number of anilines is 4. The summed E-state index contributed by atoms with van der Waals surface area (Å²) < 4.78 is 112. The van der Waals surface area contributed by atoms with Gasteiger partial charge in [0.2, 0.25) is 11.6 Å². The standard InChI is InChI=1S/2C21H20N2O4S.2C17H13N3O3S.18C2H6/c1-14-4-7-18(8-5-14)28(26,27)22-20-9-6-15(2)12-19(20)21(24)17-10-11-23(25)16(3)13-17;1-14-4-7-17(8-5-14)28(26,27)22-20-9-6-15(2)12-19(20)21(24)18-10-11-23(25)13-16(18)3;21-17(16-11-6-12-18-19-16)14-9-4-5-10-15(14)20-24(22,23)13-7-2-1-3-8-13;21-17(16-10-11-18-12-19-16)14-8-4-5-9-15(14)20-24(22,23)13-6-2-1-3-7-13;18*1-2/h2*4-13,22H,1-3H3;2*1-12,20H;18*1-2H3. The third-order valence-corrected chi connectivity index (χ3v) is 20.8. The number of pyridine rings is 2. The summed E-state index contributed by atoms with van der Waals surface area (Å²) in [7, 11) is -15.3. The molecular formula is C112H174N10O14S4. The Morgan fingerprint density at radius 3 is 0.914 bits per heavy atom. The average Bonchev–Trinajstić information content (AvgIpc) is 0.795. The summed E-state index contributed by atoms with van der Waals surface area (Å²) in [5.74, 6) is -1.52. The highest BCUT2D eigenvalue weighted by molar-refractivity contribution is 7.93. The molecule has 0 aliphatic heterocycles. The molecule has 4 aromatic heterocycles. The fourth-order valence-corrected chi connectivity index (χ4v) is 14.2. The SMILES string of the molecule is CC.CC.CC.CC.CC.CC.CC.CC.CC.CC.CC.CC.CC.CC.CC.CC.CC.CC.Cc1ccc(S(=O)(=O)Nc2ccc(C)cc2C(=O)c2cc[n+]([O-])c(C)c2)cc1.Cc1ccc(S(=O)(=O)Nc2ccc(C)cc2C(=O)c2cc[n+]([O-])cc2C)cc1.O=C(c1cccnn1)c1ccccc1NS(=O)(=O)c1ccccc1.O=C(c1ccncn1)c1ccccc1NS(=O)(=O)c1ccccc1. The molecule has 0 atom stereocenters. The van der Waals surface area contributed by atoms with E-state index in [0.717, 1.165) is 22.3 Å². The molecule has 0 bridgehead atoms. The van der Waals surface area contributed by atoms with Crippen LogP contribution in [0, 0.1) is 52.0 Å². The first-order valence-corrected chi connectivity index (χ1v) is 55.3. The number of benzene rings is 8. The fourth-order valence-electron chi connectivity index (χ4n) is 9.86. The van der Waals surface area contributed by atoms with Gasteiger partial charge in [-0.2, -0.15) is 14.6 Å². The van der Waals surface area contributed by atoms with E-state index in [2.05, 4.69) is 39.1 Å². The van der Waals surface area contributed by atoms with Crippen LogP contribution < -0.4 is 28.3 Å². The Hall–Kier alpha value is -12.5. The predicted molar refractivity (Wildman–Crippen MR) is 596 cm³/mol. The molecule has 0 fully saturated rings. The molecule has 140 heavy (non-hydrogen) atoms. The summed E-state index contributed by atoms with van der Waals surface area (Å²) in [5.41, 5.74) is 7.03. The van der Waals surface area contributed by atoms with E-state index >= 15 is 0 Å². The van der Waals surface area contributed by atoms with Crippen molar-refractivity contribution < 1.29 is 62.3 Å². The summed E-state index contributed by atoms with van der Waals surface area (Å²) in [6.07, 6.45) is 7.99. The maximum atomic E-state index is 13.1. The summed E-state index contributed by atoms with van der Waals surface area (Å²) in [5, 5.41) is 30.4. The largest absolute Gasteiger partial charge is 0.619 e. The predicted octanol–water partition coefficient (Wildman–Crippen LogP) is 30.0. The van der Waals surface area contributed by atoms with E-state index in [-0.39, 0.29) is 93.3 Å². The van der Waals surface area contributed by atoms with E-state index in [1.807, 2.05) is 277 Å². The smallest absolute Gasteiger partial charge is 0.261 e. The van der Waals surface area contributed by atoms with E-state index in [4.69, 9.17) is 0 Å². The minimum Gasteiger partial charge on any atom is -0.619 e. The second-order valence-corrected chi connectivity index (χ2v) is 29.9. The van der Waals surface area contributed by atoms with Crippen LogP contribution in [0.1, 0.15) is 347 Å². The molecule has 0 amide bonds. The zero-order chi connectivity index (χ0) is 111. The number of nitrogens with zero attached hydrogens (tertiary/aromatic N) is 6. The Morgan fingerprint density at radius 1 is 0.279 bits per heavy atom. The molecule has 0 radical (unpaired) electrons. The van der Waals surface area contributed by atoms with Crippen molar-refractivity contribution in [1.29, 1.82) is 0 Å². The van der Waals surface area contributed by atoms with Gasteiger partial charge in [0.05, 0.1) is 42.3 Å². The van der Waals surface area contributed by atoms with Gasteiger partial charge in [0, 0.05) is 76.5 Å². The fraction of sp³-hybridized carbons (Fsp3) is 0.375. The summed E-state index contributed by atoms with van der Waals surface area (Å²) >= 11 is 0. The van der Waals surface area contributed by atoms with Gasteiger partial charge in [-0.15, -0.1) is 5.10 Å². The molecular weight excluding hydrogens is 1840 g/mol. The number of rotatable bonds is 20. The zero-order valence-corrected chi connectivity index (χ0v) is 95.7. The van der Waals surface area contributed by atoms with E-state index in [1.165, 1.54) is 128 Å². The van der Waals surface area contributed by atoms with Crippen LogP contribution in [0.5, 0.6) is 0 Å². The highest BCUT2D eigenvalue weighted by Crippen LogP contribution is 2.29. The molecule has 8 aromatic carbocycles. The van der Waals surface area contributed by atoms with Crippen molar-refractivity contribution in [1.82, 2.24) is 20.2 Å². The molecule has 0 saturated heterocycles. The first kappa shape index (κ1) is 148. The van der Waals surface area contributed by atoms with E-state index < -0.39 is 45.9 Å². The van der Waals surface area contributed by atoms with Crippen LogP contribution in [0.15, 0.2) is 287 Å². The third-order valence-electron chi connectivity index (χ3n) is 15.3. The van der Waals surface area contributed by atoms with Gasteiger partial charge in [-0.05, 0) is 150 Å². The number of para-hydroxylation sites is 2. The van der Waals surface area contributed by atoms with Crippen molar-refractivity contribution in [3.8, 4) is 0 Å². The van der Waals surface area contributed by atoms with Crippen LogP contribution in [-0.2, 0) is 40.1 Å². The molecule has 0 saturated carbocycles. The van der Waals surface area contributed by atoms with Crippen molar-refractivity contribution in [3.63, 3.8) is 0 Å². The first-order chi connectivity index (χ1) is 67.5. The summed E-state index contributed by atoms with van der Waals surface area (Å²) in [6.45, 7) is 82.6. The number of aromatic nitrogens is 6. The van der Waals surface area contributed by atoms with Crippen LogP contribution in [0.3, 0.4) is 0 Å². The topological polar surface area (TPSA) is 358 Å². The Labute approximate surface area is 848 Å². The van der Waals surface area contributed by atoms with Gasteiger partial charge in [-0.3, -0.25) is 38.1 Å². The van der Waals surface area contributed by atoms with Crippen LogP contribution in [0.4, 0.5) is 22.7 Å². The summed E-state index contributed by atoms with van der Waals surface area (Å²) in [6, 6.07) is 60.4. The molecule has 28 heteroatoms. The lowest BCUT2D eigenvalue weighted by Gasteiger charge is -2.14. The van der Waals surface area contributed by atoms with Crippen LogP contribution in [0.25, 0.3) is 0 Å². The average molecular weight is 2010 g/mol. The number of ketones is 4. The number of nitrogens with one attached hydrogen (secondary N) is 4. The Morgan fingerprint density at radius 2 is 0.593 bits per heavy atom. The number of hydrogen-bond donors (Lipinski definition) is 4. The summed E-state index contributed by atoms with van der Waals surface area (Å²) in [4.78, 5) is 59.3. The molecule has 780 valence electrons. The number of carbonyl (C=O) groups is 4. The van der Waals surface area contributed by atoms with Gasteiger partial charge >= 0.3 is 0 Å². The van der Waals surface area contributed by atoms with Gasteiger partial charge in [0.1, 0.15) is 17.7 Å². The molecule has 4 N–H and O–H groups in total. The van der Waals surface area contributed by atoms with E-state index in [0.29, 0.717) is 31.8 Å². The van der Waals surface area contributed by atoms with Gasteiger partial charge in [0.25, 0.3) is 40.1 Å². The molecule has 0 unspecified atom stereocenters. The monoisotopic (exact) mass is 2010 g/mol. The quantitative estimate of drug-likeness (QED) is 0.0313. The van der Waals surface area contributed by atoms with E-state index in [9.17, 15) is 63.3 Å². The lowest BCUT2D eigenvalue weighted by molar-refractivity contribution is -0.612. The number of aryl methyl sites for hydroxylation is 6. The van der Waals surface area contributed by atoms with Crippen molar-refractivity contribution >= 4 is 86.0 Å². The molecule has 12 rings (SSSR count). The Balaban J connectivity index is -0.000000181. The van der Waals surface area contributed by atoms with Crippen molar-refractivity contribution in [3.05, 3.63) is 357 Å². The Kier molecular flexibility index (Phi) is 96.7. The molecule has 24 nitrogen and oxygen atoms in total. The highest BCUT2D eigenvalue weighted by atomic mass is 32.2. The van der Waals surface area contributed by atoms with Gasteiger partial charge in [-0.25, -0.2) is 43.6 Å². The normalized spacial score (nSPS) is 9.04. The minimum absolute atomic E-state index is 0.111. The van der Waals surface area contributed by atoms with Crippen LogP contribution >= 0.6 is 0 Å². The van der Waals surface area contributed by atoms with Gasteiger partial charge in [0.15, 0.2) is 35.9 Å².